The van der Waals surface area contributed by atoms with Crippen LogP contribution in [0.2, 0.25) is 0 Å². The van der Waals surface area contributed by atoms with Gasteiger partial charge in [-0.1, -0.05) is 17.3 Å². The highest BCUT2D eigenvalue weighted by Crippen LogP contribution is 2.20. The van der Waals surface area contributed by atoms with E-state index in [1.807, 2.05) is 0 Å². The Balaban J connectivity index is 2.47. The third-order valence-electron chi connectivity index (χ3n) is 2.41. The van der Waals surface area contributed by atoms with E-state index in [9.17, 15) is 8.42 Å². The number of rotatable bonds is 7. The molecular formula is C11H16BrN3O3S. The largest absolute Gasteiger partial charge is 0.409 e. The SMILES string of the molecule is NC(CCCCNS(=O)(=O)c1ccccc1Br)=NO. The van der Waals surface area contributed by atoms with Crippen LogP contribution in [0.3, 0.4) is 0 Å². The molecule has 1 aromatic carbocycles. The summed E-state index contributed by atoms with van der Waals surface area (Å²) in [4.78, 5) is 0.214. The lowest BCUT2D eigenvalue weighted by Crippen LogP contribution is -2.25. The molecule has 0 unspecified atom stereocenters. The van der Waals surface area contributed by atoms with Gasteiger partial charge in [-0.3, -0.25) is 0 Å². The van der Waals surface area contributed by atoms with Crippen LogP contribution in [0.4, 0.5) is 0 Å². The predicted octanol–water partition coefficient (Wildman–Crippen LogP) is 1.64. The fourth-order valence-corrected chi connectivity index (χ4v) is 3.50. The Kier molecular flexibility index (Phi) is 6.26. The molecule has 0 heterocycles. The molecule has 0 amide bonds. The molecule has 19 heavy (non-hydrogen) atoms. The van der Waals surface area contributed by atoms with E-state index in [0.29, 0.717) is 30.3 Å². The number of amidine groups is 1. The minimum atomic E-state index is -3.50. The molecule has 0 radical (unpaired) electrons. The number of hydrogen-bond donors (Lipinski definition) is 3. The van der Waals surface area contributed by atoms with Crippen molar-refractivity contribution in [1.29, 1.82) is 0 Å². The Bertz CT molecular complexity index is 546. The summed E-state index contributed by atoms with van der Waals surface area (Å²) in [6.07, 6.45) is 1.70. The summed E-state index contributed by atoms with van der Waals surface area (Å²) in [5.41, 5.74) is 5.31. The van der Waals surface area contributed by atoms with Crippen molar-refractivity contribution >= 4 is 31.8 Å². The average Bonchev–Trinajstić information content (AvgIpc) is 2.38. The van der Waals surface area contributed by atoms with Gasteiger partial charge in [-0.25, -0.2) is 13.1 Å². The van der Waals surface area contributed by atoms with Gasteiger partial charge >= 0.3 is 0 Å². The zero-order chi connectivity index (χ0) is 14.3. The Labute approximate surface area is 120 Å². The molecule has 1 aromatic rings. The van der Waals surface area contributed by atoms with Gasteiger partial charge in [-0.05, 0) is 40.9 Å². The van der Waals surface area contributed by atoms with E-state index in [-0.39, 0.29) is 10.7 Å². The van der Waals surface area contributed by atoms with E-state index in [1.54, 1.807) is 18.2 Å². The standard InChI is InChI=1S/C11H16BrN3O3S/c12-9-5-1-2-6-10(9)19(17,18)14-8-4-3-7-11(13)15-16/h1-2,5-6,14,16H,3-4,7-8H2,(H2,13,15). The number of nitrogens with one attached hydrogen (secondary N) is 1. The summed E-state index contributed by atoms with van der Waals surface area (Å²) < 4.78 is 27.0. The molecule has 6 nitrogen and oxygen atoms in total. The van der Waals surface area contributed by atoms with Crippen molar-refractivity contribution in [3.8, 4) is 0 Å². The molecule has 0 spiro atoms. The Hall–Kier alpha value is -1.12. The average molecular weight is 350 g/mol. The van der Waals surface area contributed by atoms with Crippen LogP contribution < -0.4 is 10.5 Å². The summed E-state index contributed by atoms with van der Waals surface area (Å²) in [7, 11) is -3.50. The zero-order valence-electron chi connectivity index (χ0n) is 10.2. The van der Waals surface area contributed by atoms with Crippen LogP contribution in [0.1, 0.15) is 19.3 Å². The van der Waals surface area contributed by atoms with Crippen molar-refractivity contribution in [3.63, 3.8) is 0 Å². The summed E-state index contributed by atoms with van der Waals surface area (Å²) in [6.45, 7) is 0.308. The molecule has 0 aliphatic carbocycles. The number of oxime groups is 1. The fraction of sp³-hybridized carbons (Fsp3) is 0.364. The number of halogens is 1. The lowest BCUT2D eigenvalue weighted by Gasteiger charge is -2.08. The maximum absolute atomic E-state index is 12.0. The van der Waals surface area contributed by atoms with Crippen LogP contribution in [0.15, 0.2) is 38.8 Å². The maximum atomic E-state index is 12.0. The van der Waals surface area contributed by atoms with E-state index in [2.05, 4.69) is 25.8 Å². The van der Waals surface area contributed by atoms with Gasteiger partial charge in [-0.15, -0.1) is 0 Å². The fourth-order valence-electron chi connectivity index (χ4n) is 1.43. The molecular weight excluding hydrogens is 334 g/mol. The van der Waals surface area contributed by atoms with Crippen LogP contribution in [-0.4, -0.2) is 26.0 Å². The Morgan fingerprint density at radius 1 is 1.37 bits per heavy atom. The summed E-state index contributed by atoms with van der Waals surface area (Å²) in [5.74, 6) is 0.147. The predicted molar refractivity (Wildman–Crippen MR) is 76.6 cm³/mol. The smallest absolute Gasteiger partial charge is 0.241 e. The first-order chi connectivity index (χ1) is 8.97. The zero-order valence-corrected chi connectivity index (χ0v) is 12.6. The number of nitrogens with two attached hydrogens (primary N) is 1. The van der Waals surface area contributed by atoms with E-state index < -0.39 is 10.0 Å². The van der Waals surface area contributed by atoms with E-state index in [0.717, 1.165) is 0 Å². The topological polar surface area (TPSA) is 105 Å². The van der Waals surface area contributed by atoms with Crippen molar-refractivity contribution in [3.05, 3.63) is 28.7 Å². The first kappa shape index (κ1) is 15.9. The molecule has 1 rings (SSSR count). The minimum absolute atomic E-state index is 0.147. The molecule has 106 valence electrons. The van der Waals surface area contributed by atoms with Gasteiger partial charge in [0.25, 0.3) is 0 Å². The molecule has 0 aliphatic heterocycles. The van der Waals surface area contributed by atoms with E-state index >= 15 is 0 Å². The highest BCUT2D eigenvalue weighted by atomic mass is 79.9. The number of unbranched alkanes of at least 4 members (excludes halogenated alkanes) is 1. The third-order valence-corrected chi connectivity index (χ3v) is 4.88. The second kappa shape index (κ2) is 7.46. The van der Waals surface area contributed by atoms with E-state index in [1.165, 1.54) is 6.07 Å². The number of hydrogen-bond acceptors (Lipinski definition) is 4. The highest BCUT2D eigenvalue weighted by molar-refractivity contribution is 9.10. The van der Waals surface area contributed by atoms with Gasteiger partial charge in [-0.2, -0.15) is 0 Å². The number of benzene rings is 1. The van der Waals surface area contributed by atoms with Crippen molar-refractivity contribution in [2.45, 2.75) is 24.2 Å². The highest BCUT2D eigenvalue weighted by Gasteiger charge is 2.15. The van der Waals surface area contributed by atoms with Crippen molar-refractivity contribution < 1.29 is 13.6 Å². The molecule has 0 saturated carbocycles. The van der Waals surface area contributed by atoms with Gasteiger partial charge in [0, 0.05) is 17.4 Å². The van der Waals surface area contributed by atoms with Crippen LogP contribution in [-0.2, 0) is 10.0 Å². The van der Waals surface area contributed by atoms with Crippen LogP contribution in [0, 0.1) is 0 Å². The van der Waals surface area contributed by atoms with Gasteiger partial charge < -0.3 is 10.9 Å². The Morgan fingerprint density at radius 2 is 2.05 bits per heavy atom. The third kappa shape index (κ3) is 5.17. The van der Waals surface area contributed by atoms with Gasteiger partial charge in [0.05, 0.1) is 4.90 Å². The number of nitrogens with zero attached hydrogens (tertiary/aromatic N) is 1. The first-order valence-corrected chi connectivity index (χ1v) is 7.95. The van der Waals surface area contributed by atoms with Crippen molar-refractivity contribution in [2.75, 3.05) is 6.54 Å². The van der Waals surface area contributed by atoms with Gasteiger partial charge in [0.1, 0.15) is 5.84 Å². The summed E-state index contributed by atoms with van der Waals surface area (Å²) >= 11 is 3.20. The molecule has 0 aliphatic rings. The number of sulfonamides is 1. The lowest BCUT2D eigenvalue weighted by atomic mass is 10.2. The van der Waals surface area contributed by atoms with Crippen LogP contribution in [0.25, 0.3) is 0 Å². The maximum Gasteiger partial charge on any atom is 0.241 e. The van der Waals surface area contributed by atoms with Gasteiger partial charge in [0.15, 0.2) is 0 Å². The van der Waals surface area contributed by atoms with Crippen LogP contribution >= 0.6 is 15.9 Å². The molecule has 0 aromatic heterocycles. The Morgan fingerprint density at radius 3 is 2.68 bits per heavy atom. The van der Waals surface area contributed by atoms with Crippen molar-refractivity contribution in [2.24, 2.45) is 10.9 Å². The monoisotopic (exact) mass is 349 g/mol. The molecule has 0 saturated heterocycles. The molecule has 0 bridgehead atoms. The van der Waals surface area contributed by atoms with Gasteiger partial charge in [0.2, 0.25) is 10.0 Å². The second-order valence-corrected chi connectivity index (χ2v) is 6.47. The van der Waals surface area contributed by atoms with Crippen molar-refractivity contribution in [1.82, 2.24) is 4.72 Å². The van der Waals surface area contributed by atoms with E-state index in [4.69, 9.17) is 10.9 Å². The quantitative estimate of drug-likeness (QED) is 0.229. The summed E-state index contributed by atoms with van der Waals surface area (Å²) in [6, 6.07) is 6.62. The normalized spacial score (nSPS) is 12.6. The summed E-state index contributed by atoms with van der Waals surface area (Å²) in [5, 5.41) is 11.2. The molecule has 0 fully saturated rings. The molecule has 0 atom stereocenters. The second-order valence-electron chi connectivity index (χ2n) is 3.88. The lowest BCUT2D eigenvalue weighted by molar-refractivity contribution is 0.316. The first-order valence-electron chi connectivity index (χ1n) is 5.68. The van der Waals surface area contributed by atoms with Crippen LogP contribution in [0.5, 0.6) is 0 Å². The molecule has 4 N–H and O–H groups in total. The minimum Gasteiger partial charge on any atom is -0.409 e. The molecule has 8 heteroatoms.